The van der Waals surface area contributed by atoms with Gasteiger partial charge in [-0.3, -0.25) is 4.79 Å². The average molecular weight is 356 g/mol. The summed E-state index contributed by atoms with van der Waals surface area (Å²) >= 11 is 4.88. The van der Waals surface area contributed by atoms with Crippen LogP contribution in [0.5, 0.6) is 0 Å². The molecule has 0 fully saturated rings. The minimum Gasteiger partial charge on any atom is -0.351 e. The van der Waals surface area contributed by atoms with Crippen molar-refractivity contribution in [2.75, 3.05) is 6.54 Å². The van der Waals surface area contributed by atoms with E-state index in [0.717, 1.165) is 0 Å². The molecule has 1 aromatic heterocycles. The van der Waals surface area contributed by atoms with Crippen molar-refractivity contribution in [2.24, 2.45) is 0 Å². The second kappa shape index (κ2) is 6.06. The molecule has 1 amide bonds. The lowest BCUT2D eigenvalue weighted by Gasteiger charge is -2.23. The van der Waals surface area contributed by atoms with Crippen LogP contribution in [0.3, 0.4) is 0 Å². The molecule has 0 aliphatic rings. The van der Waals surface area contributed by atoms with Gasteiger partial charge in [0, 0.05) is 21.3 Å². The largest absolute Gasteiger partial charge is 0.351 e. The molecular formula is C15H15BrFNOS. The normalized spacial score (nSPS) is 11.4. The zero-order valence-electron chi connectivity index (χ0n) is 11.2. The van der Waals surface area contributed by atoms with Gasteiger partial charge in [-0.25, -0.2) is 4.39 Å². The van der Waals surface area contributed by atoms with Gasteiger partial charge in [0.15, 0.2) is 0 Å². The summed E-state index contributed by atoms with van der Waals surface area (Å²) in [6.45, 7) is 4.69. The van der Waals surface area contributed by atoms with Gasteiger partial charge in [0.2, 0.25) is 0 Å². The molecule has 0 saturated heterocycles. The standard InChI is InChI=1S/C15H15BrFNOS/c1-15(2,13-4-3-7-20-13)9-18-14(19)11-6-5-10(17)8-12(11)16/h3-8H,9H2,1-2H3,(H,18,19). The summed E-state index contributed by atoms with van der Waals surface area (Å²) in [5.74, 6) is -0.575. The molecule has 106 valence electrons. The van der Waals surface area contributed by atoms with E-state index in [1.165, 1.54) is 23.1 Å². The van der Waals surface area contributed by atoms with Crippen LogP contribution in [0.15, 0.2) is 40.2 Å². The van der Waals surface area contributed by atoms with Crippen molar-refractivity contribution in [3.05, 3.63) is 56.4 Å². The van der Waals surface area contributed by atoms with Crippen molar-refractivity contribution in [1.82, 2.24) is 5.32 Å². The highest BCUT2D eigenvalue weighted by atomic mass is 79.9. The zero-order chi connectivity index (χ0) is 14.8. The van der Waals surface area contributed by atoms with E-state index in [2.05, 4.69) is 41.2 Å². The Morgan fingerprint density at radius 1 is 1.40 bits per heavy atom. The fourth-order valence-corrected chi connectivity index (χ4v) is 3.20. The van der Waals surface area contributed by atoms with Gasteiger partial charge in [-0.05, 0) is 45.6 Å². The number of benzene rings is 1. The molecule has 0 spiro atoms. The van der Waals surface area contributed by atoms with E-state index in [1.807, 2.05) is 11.4 Å². The van der Waals surface area contributed by atoms with E-state index >= 15 is 0 Å². The van der Waals surface area contributed by atoms with E-state index in [9.17, 15) is 9.18 Å². The fourth-order valence-electron chi connectivity index (χ4n) is 1.82. The molecule has 5 heteroatoms. The number of carbonyl (C=O) groups is 1. The van der Waals surface area contributed by atoms with E-state index in [-0.39, 0.29) is 17.1 Å². The highest BCUT2D eigenvalue weighted by molar-refractivity contribution is 9.10. The minimum absolute atomic E-state index is 0.129. The van der Waals surface area contributed by atoms with E-state index in [1.54, 1.807) is 11.3 Å². The Morgan fingerprint density at radius 3 is 2.75 bits per heavy atom. The predicted octanol–water partition coefficient (Wildman–Crippen LogP) is 4.36. The number of carbonyl (C=O) groups excluding carboxylic acids is 1. The van der Waals surface area contributed by atoms with Gasteiger partial charge in [-0.15, -0.1) is 11.3 Å². The number of thiophene rings is 1. The lowest BCUT2D eigenvalue weighted by Crippen LogP contribution is -2.36. The van der Waals surface area contributed by atoms with Crippen molar-refractivity contribution < 1.29 is 9.18 Å². The van der Waals surface area contributed by atoms with Gasteiger partial charge < -0.3 is 5.32 Å². The minimum atomic E-state index is -0.368. The van der Waals surface area contributed by atoms with Crippen molar-refractivity contribution in [3.8, 4) is 0 Å². The van der Waals surface area contributed by atoms with E-state index in [4.69, 9.17) is 0 Å². The van der Waals surface area contributed by atoms with E-state index < -0.39 is 0 Å². The number of amides is 1. The van der Waals surface area contributed by atoms with Crippen LogP contribution < -0.4 is 5.32 Å². The number of hydrogen-bond acceptors (Lipinski definition) is 2. The molecule has 0 saturated carbocycles. The monoisotopic (exact) mass is 355 g/mol. The second-order valence-corrected chi connectivity index (χ2v) is 6.97. The summed E-state index contributed by atoms with van der Waals surface area (Å²) in [4.78, 5) is 13.4. The smallest absolute Gasteiger partial charge is 0.252 e. The zero-order valence-corrected chi connectivity index (χ0v) is 13.6. The Hall–Kier alpha value is -1.20. The Bertz CT molecular complexity index is 610. The van der Waals surface area contributed by atoms with Crippen LogP contribution >= 0.6 is 27.3 Å². The van der Waals surface area contributed by atoms with E-state index in [0.29, 0.717) is 16.6 Å². The Kier molecular flexibility index (Phi) is 4.60. The van der Waals surface area contributed by atoms with Crippen molar-refractivity contribution >= 4 is 33.2 Å². The Labute approximate surface area is 130 Å². The molecule has 0 radical (unpaired) electrons. The van der Waals surface area contributed by atoms with Gasteiger partial charge in [0.25, 0.3) is 5.91 Å². The lowest BCUT2D eigenvalue weighted by molar-refractivity contribution is 0.0945. The van der Waals surface area contributed by atoms with Gasteiger partial charge >= 0.3 is 0 Å². The molecular weight excluding hydrogens is 341 g/mol. The predicted molar refractivity (Wildman–Crippen MR) is 83.8 cm³/mol. The number of nitrogens with one attached hydrogen (secondary N) is 1. The summed E-state index contributed by atoms with van der Waals surface area (Å²) in [5.41, 5.74) is 0.310. The molecule has 0 atom stereocenters. The van der Waals surface area contributed by atoms with Crippen LogP contribution in [0, 0.1) is 5.82 Å². The molecule has 20 heavy (non-hydrogen) atoms. The first-order chi connectivity index (χ1) is 9.40. The molecule has 1 N–H and O–H groups in total. The van der Waals surface area contributed by atoms with Crippen molar-refractivity contribution in [1.29, 1.82) is 0 Å². The van der Waals surface area contributed by atoms with Crippen LogP contribution in [0.1, 0.15) is 29.1 Å². The third kappa shape index (κ3) is 3.46. The summed E-state index contributed by atoms with van der Waals surface area (Å²) in [6, 6.07) is 8.11. The molecule has 2 nitrogen and oxygen atoms in total. The van der Waals surface area contributed by atoms with Gasteiger partial charge in [0.1, 0.15) is 5.82 Å². The highest BCUT2D eigenvalue weighted by Crippen LogP contribution is 2.27. The third-order valence-electron chi connectivity index (χ3n) is 3.05. The van der Waals surface area contributed by atoms with Gasteiger partial charge in [-0.1, -0.05) is 19.9 Å². The molecule has 1 heterocycles. The number of halogens is 2. The van der Waals surface area contributed by atoms with Crippen LogP contribution in [0.25, 0.3) is 0 Å². The summed E-state index contributed by atoms with van der Waals surface area (Å²) in [5, 5.41) is 4.93. The highest BCUT2D eigenvalue weighted by Gasteiger charge is 2.23. The van der Waals surface area contributed by atoms with Crippen molar-refractivity contribution in [3.63, 3.8) is 0 Å². The first-order valence-electron chi connectivity index (χ1n) is 6.17. The fraction of sp³-hybridized carbons (Fsp3) is 0.267. The molecule has 2 rings (SSSR count). The maximum absolute atomic E-state index is 13.0. The quantitative estimate of drug-likeness (QED) is 0.867. The summed E-state index contributed by atoms with van der Waals surface area (Å²) < 4.78 is 13.5. The Balaban J connectivity index is 2.05. The third-order valence-corrected chi connectivity index (χ3v) is 4.95. The second-order valence-electron chi connectivity index (χ2n) is 5.17. The van der Waals surface area contributed by atoms with Gasteiger partial charge in [0.05, 0.1) is 5.56 Å². The number of hydrogen-bond donors (Lipinski definition) is 1. The maximum atomic E-state index is 13.0. The van der Waals surface area contributed by atoms with Crippen LogP contribution in [-0.4, -0.2) is 12.5 Å². The average Bonchev–Trinajstić information content (AvgIpc) is 2.90. The molecule has 1 aromatic carbocycles. The molecule has 0 bridgehead atoms. The summed E-state index contributed by atoms with van der Waals surface area (Å²) in [6.07, 6.45) is 0. The van der Waals surface area contributed by atoms with Crippen LogP contribution in [-0.2, 0) is 5.41 Å². The molecule has 0 aliphatic carbocycles. The maximum Gasteiger partial charge on any atom is 0.252 e. The molecule has 2 aromatic rings. The molecule has 0 unspecified atom stereocenters. The Morgan fingerprint density at radius 2 is 2.15 bits per heavy atom. The molecule has 0 aliphatic heterocycles. The first-order valence-corrected chi connectivity index (χ1v) is 7.85. The number of rotatable bonds is 4. The first kappa shape index (κ1) is 15.2. The van der Waals surface area contributed by atoms with Crippen LogP contribution in [0.4, 0.5) is 4.39 Å². The van der Waals surface area contributed by atoms with Gasteiger partial charge in [-0.2, -0.15) is 0 Å². The topological polar surface area (TPSA) is 29.1 Å². The lowest BCUT2D eigenvalue weighted by atomic mass is 9.91. The van der Waals surface area contributed by atoms with Crippen molar-refractivity contribution in [2.45, 2.75) is 19.3 Å². The van der Waals surface area contributed by atoms with Crippen LogP contribution in [0.2, 0.25) is 0 Å². The SMILES string of the molecule is CC(C)(CNC(=O)c1ccc(F)cc1Br)c1cccs1. The summed E-state index contributed by atoms with van der Waals surface area (Å²) in [7, 11) is 0.